The van der Waals surface area contributed by atoms with Crippen LogP contribution in [0.4, 0.5) is 0 Å². The Hall–Kier alpha value is -2.60. The lowest BCUT2D eigenvalue weighted by Crippen LogP contribution is -2.34. The van der Waals surface area contributed by atoms with Crippen LogP contribution in [0.1, 0.15) is 41.4 Å². The van der Waals surface area contributed by atoms with Gasteiger partial charge in [-0.1, -0.05) is 44.2 Å². The number of aromatic nitrogens is 1. The number of hydrogen-bond donors (Lipinski definition) is 1. The molecule has 1 amide bonds. The average Bonchev–Trinajstić information content (AvgIpc) is 2.88. The molecule has 2 aliphatic heterocycles. The van der Waals surface area contributed by atoms with Crippen molar-refractivity contribution in [3.05, 3.63) is 63.6 Å². The van der Waals surface area contributed by atoms with Gasteiger partial charge in [0.1, 0.15) is 11.3 Å². The van der Waals surface area contributed by atoms with Crippen LogP contribution in [0.15, 0.2) is 41.2 Å². The van der Waals surface area contributed by atoms with Crippen LogP contribution in [0, 0.1) is 5.41 Å². The molecule has 4 rings (SSSR count). The van der Waals surface area contributed by atoms with E-state index >= 15 is 0 Å². The smallest absolute Gasteiger partial charge is 0.259 e. The molecule has 6 nitrogen and oxygen atoms in total. The second kappa shape index (κ2) is 7.67. The summed E-state index contributed by atoms with van der Waals surface area (Å²) in [6.07, 6.45) is 0.632. The number of amides is 1. The summed E-state index contributed by atoms with van der Waals surface area (Å²) >= 11 is 0. The molecule has 0 aliphatic carbocycles. The minimum atomic E-state index is -0.110. The normalized spacial score (nSPS) is 20.8. The predicted octanol–water partition coefficient (Wildman–Crippen LogP) is 2.27. The predicted molar refractivity (Wildman–Crippen MR) is 113 cm³/mol. The Bertz CT molecular complexity index is 965. The van der Waals surface area contributed by atoms with Gasteiger partial charge in [-0.2, -0.15) is 0 Å². The SMILES string of the molecule is COc1cc(=O)n2c(c1C(=O)N1CC(c3ccccc3)C(C)(C)C1)CCNCC2. The van der Waals surface area contributed by atoms with Crippen molar-refractivity contribution in [2.24, 2.45) is 5.41 Å². The monoisotopic (exact) mass is 395 g/mol. The number of likely N-dealkylation sites (tertiary alicyclic amines) is 1. The van der Waals surface area contributed by atoms with E-state index in [1.807, 2.05) is 11.0 Å². The number of methoxy groups -OCH3 is 1. The summed E-state index contributed by atoms with van der Waals surface area (Å²) in [6.45, 7) is 7.80. The third-order valence-electron chi connectivity index (χ3n) is 6.30. The van der Waals surface area contributed by atoms with E-state index in [0.717, 1.165) is 18.8 Å². The Kier molecular flexibility index (Phi) is 5.21. The van der Waals surface area contributed by atoms with E-state index in [9.17, 15) is 9.59 Å². The van der Waals surface area contributed by atoms with E-state index in [0.29, 0.717) is 37.4 Å². The summed E-state index contributed by atoms with van der Waals surface area (Å²) < 4.78 is 7.22. The maximum atomic E-state index is 13.7. The van der Waals surface area contributed by atoms with Gasteiger partial charge in [0.25, 0.3) is 11.5 Å². The molecule has 0 bridgehead atoms. The van der Waals surface area contributed by atoms with Crippen molar-refractivity contribution in [3.8, 4) is 5.75 Å². The lowest BCUT2D eigenvalue weighted by Gasteiger charge is -2.25. The van der Waals surface area contributed by atoms with Crippen LogP contribution in [0.5, 0.6) is 5.75 Å². The first-order valence-electron chi connectivity index (χ1n) is 10.3. The lowest BCUT2D eigenvalue weighted by atomic mass is 9.78. The molecule has 3 heterocycles. The molecule has 29 heavy (non-hydrogen) atoms. The average molecular weight is 396 g/mol. The number of hydrogen-bond acceptors (Lipinski definition) is 4. The number of pyridine rings is 1. The second-order valence-corrected chi connectivity index (χ2v) is 8.66. The van der Waals surface area contributed by atoms with Crippen LogP contribution in [0.3, 0.4) is 0 Å². The highest BCUT2D eigenvalue weighted by Gasteiger charge is 2.43. The maximum Gasteiger partial charge on any atom is 0.259 e. The number of carbonyl (C=O) groups excluding carboxylic acids is 1. The van der Waals surface area contributed by atoms with Crippen molar-refractivity contribution in [2.45, 2.75) is 32.7 Å². The molecule has 0 spiro atoms. The molecule has 2 aromatic rings. The Morgan fingerprint density at radius 2 is 1.97 bits per heavy atom. The van der Waals surface area contributed by atoms with Crippen molar-refractivity contribution in [3.63, 3.8) is 0 Å². The molecule has 1 N–H and O–H groups in total. The van der Waals surface area contributed by atoms with Gasteiger partial charge in [0, 0.05) is 56.8 Å². The van der Waals surface area contributed by atoms with Crippen LogP contribution < -0.4 is 15.6 Å². The lowest BCUT2D eigenvalue weighted by molar-refractivity contribution is 0.0772. The highest BCUT2D eigenvalue weighted by molar-refractivity contribution is 5.98. The highest BCUT2D eigenvalue weighted by atomic mass is 16.5. The van der Waals surface area contributed by atoms with E-state index in [-0.39, 0.29) is 22.8 Å². The Morgan fingerprint density at radius 1 is 1.21 bits per heavy atom. The number of nitrogens with zero attached hydrogens (tertiary/aromatic N) is 2. The third kappa shape index (κ3) is 3.57. The summed E-state index contributed by atoms with van der Waals surface area (Å²) in [5, 5.41) is 3.31. The number of carbonyl (C=O) groups is 1. The van der Waals surface area contributed by atoms with E-state index in [4.69, 9.17) is 4.74 Å². The molecule has 1 saturated heterocycles. The number of ether oxygens (including phenoxy) is 1. The minimum Gasteiger partial charge on any atom is -0.496 e. The summed E-state index contributed by atoms with van der Waals surface area (Å²) in [4.78, 5) is 28.2. The molecule has 1 unspecified atom stereocenters. The first-order chi connectivity index (χ1) is 13.9. The van der Waals surface area contributed by atoms with Gasteiger partial charge in [0.05, 0.1) is 7.11 Å². The van der Waals surface area contributed by atoms with Gasteiger partial charge in [0.15, 0.2) is 0 Å². The zero-order chi connectivity index (χ0) is 20.6. The van der Waals surface area contributed by atoms with Gasteiger partial charge < -0.3 is 19.5 Å². The standard InChI is InChI=1S/C23H29N3O3/c1-23(2)15-25(14-17(23)16-7-5-4-6-8-16)22(28)21-18-9-10-24-11-12-26(18)20(27)13-19(21)29-3/h4-8,13,17,24H,9-12,14-15H2,1-3H3. The van der Waals surface area contributed by atoms with Crippen LogP contribution >= 0.6 is 0 Å². The molecular formula is C23H29N3O3. The molecule has 6 heteroatoms. The van der Waals surface area contributed by atoms with E-state index in [2.05, 4.69) is 43.4 Å². The fraction of sp³-hybridized carbons (Fsp3) is 0.478. The van der Waals surface area contributed by atoms with Crippen LogP contribution in [-0.2, 0) is 13.0 Å². The number of benzene rings is 1. The molecule has 0 radical (unpaired) electrons. The van der Waals surface area contributed by atoms with Gasteiger partial charge in [-0.15, -0.1) is 0 Å². The Morgan fingerprint density at radius 3 is 2.69 bits per heavy atom. The van der Waals surface area contributed by atoms with E-state index in [1.165, 1.54) is 18.7 Å². The summed E-state index contributed by atoms with van der Waals surface area (Å²) in [6, 6.07) is 11.9. The second-order valence-electron chi connectivity index (χ2n) is 8.66. The van der Waals surface area contributed by atoms with E-state index in [1.54, 1.807) is 4.57 Å². The van der Waals surface area contributed by atoms with Crippen molar-refractivity contribution < 1.29 is 9.53 Å². The number of nitrogens with one attached hydrogen (secondary N) is 1. The van der Waals surface area contributed by atoms with Crippen molar-refractivity contribution in [2.75, 3.05) is 33.3 Å². The molecule has 154 valence electrons. The fourth-order valence-electron chi connectivity index (χ4n) is 4.78. The number of fused-ring (bicyclic) bond motifs is 1. The van der Waals surface area contributed by atoms with Gasteiger partial charge in [0.2, 0.25) is 0 Å². The zero-order valence-electron chi connectivity index (χ0n) is 17.4. The first kappa shape index (κ1) is 19.7. The van der Waals surface area contributed by atoms with Gasteiger partial charge in [-0.25, -0.2) is 0 Å². The molecule has 1 aromatic heterocycles. The van der Waals surface area contributed by atoms with Crippen molar-refractivity contribution in [1.29, 1.82) is 0 Å². The van der Waals surface area contributed by atoms with Crippen molar-refractivity contribution >= 4 is 5.91 Å². The van der Waals surface area contributed by atoms with Crippen LogP contribution in [0.25, 0.3) is 0 Å². The van der Waals surface area contributed by atoms with Crippen LogP contribution in [0.2, 0.25) is 0 Å². The first-order valence-corrected chi connectivity index (χ1v) is 10.3. The topological polar surface area (TPSA) is 63.6 Å². The fourth-order valence-corrected chi connectivity index (χ4v) is 4.78. The highest BCUT2D eigenvalue weighted by Crippen LogP contribution is 2.43. The molecule has 1 fully saturated rings. The molecule has 1 atom stereocenters. The van der Waals surface area contributed by atoms with E-state index < -0.39 is 0 Å². The molecule has 0 saturated carbocycles. The van der Waals surface area contributed by atoms with Crippen LogP contribution in [-0.4, -0.2) is 48.7 Å². The summed E-state index contributed by atoms with van der Waals surface area (Å²) in [5.41, 5.74) is 2.44. The van der Waals surface area contributed by atoms with Gasteiger partial charge in [-0.05, 0) is 11.0 Å². The Balaban J connectivity index is 1.73. The summed E-state index contributed by atoms with van der Waals surface area (Å²) in [7, 11) is 1.53. The Labute approximate surface area is 171 Å². The zero-order valence-corrected chi connectivity index (χ0v) is 17.4. The van der Waals surface area contributed by atoms with Crippen molar-refractivity contribution in [1.82, 2.24) is 14.8 Å². The summed E-state index contributed by atoms with van der Waals surface area (Å²) in [5.74, 6) is 0.610. The number of rotatable bonds is 3. The largest absolute Gasteiger partial charge is 0.496 e. The van der Waals surface area contributed by atoms with Gasteiger partial charge >= 0.3 is 0 Å². The minimum absolute atomic E-state index is 0.0334. The van der Waals surface area contributed by atoms with Gasteiger partial charge in [-0.3, -0.25) is 9.59 Å². The quantitative estimate of drug-likeness (QED) is 0.866. The maximum absolute atomic E-state index is 13.7. The molecular weight excluding hydrogens is 366 g/mol. The molecule has 1 aromatic carbocycles. The molecule has 2 aliphatic rings. The third-order valence-corrected chi connectivity index (χ3v) is 6.30.